The third kappa shape index (κ3) is 38.8. The minimum Gasteiger partial charge on any atom is -0.326 e. The summed E-state index contributed by atoms with van der Waals surface area (Å²) in [7, 11) is 0. The van der Waals surface area contributed by atoms with E-state index in [9.17, 15) is 0 Å². The molecule has 4 heteroatoms. The minimum atomic E-state index is 0. The molecule has 0 amide bonds. The lowest BCUT2D eigenvalue weighted by molar-refractivity contribution is 0.442. The predicted molar refractivity (Wildman–Crippen MR) is 134 cm³/mol. The van der Waals surface area contributed by atoms with Crippen molar-refractivity contribution in [1.29, 1.82) is 0 Å². The van der Waals surface area contributed by atoms with Crippen molar-refractivity contribution in [2.45, 2.75) is 130 Å². The van der Waals surface area contributed by atoms with Crippen molar-refractivity contribution in [3.8, 4) is 0 Å². The lowest BCUT2D eigenvalue weighted by Gasteiger charge is -2.17. The molecule has 0 bridgehead atoms. The lowest BCUT2D eigenvalue weighted by Crippen LogP contribution is -2.31. The molecule has 24 heavy (non-hydrogen) atoms. The Morgan fingerprint density at radius 3 is 0.958 bits per heavy atom. The molecule has 2 nitrogen and oxygen atoms in total. The predicted octanol–water partition coefficient (Wildman–Crippen LogP) is 7.40. The molecule has 4 N–H and O–H groups in total. The van der Waals surface area contributed by atoms with E-state index in [2.05, 4.69) is 41.5 Å². The Labute approximate surface area is 188 Å². The highest BCUT2D eigenvalue weighted by atomic mass is 127. The van der Waals surface area contributed by atoms with E-state index in [1.807, 2.05) is 0 Å². The maximum absolute atomic E-state index is 5.85. The minimum absolute atomic E-state index is 0. The topological polar surface area (TPSA) is 52.0 Å². The van der Waals surface area contributed by atoms with E-state index < -0.39 is 0 Å². The fourth-order valence-corrected chi connectivity index (χ4v) is 2.37. The summed E-state index contributed by atoms with van der Waals surface area (Å²) in [6.45, 7) is 12.9. The standard InChI is InChI=1S/2C10H23N.2HI/c2*1-4-5-6-7-8-9-10(2,3)11;;/h2*4-9,11H2,1-3H3;2*1H. The van der Waals surface area contributed by atoms with Crippen LogP contribution in [0.4, 0.5) is 0 Å². The number of hydrogen-bond acceptors (Lipinski definition) is 2. The molecule has 0 aliphatic heterocycles. The maximum atomic E-state index is 5.85. The third-order valence-electron chi connectivity index (χ3n) is 3.85. The van der Waals surface area contributed by atoms with Gasteiger partial charge in [-0.1, -0.05) is 78.1 Å². The van der Waals surface area contributed by atoms with Crippen LogP contribution in [0.1, 0.15) is 119 Å². The largest absolute Gasteiger partial charge is 0.326 e. The van der Waals surface area contributed by atoms with E-state index in [-0.39, 0.29) is 59.0 Å². The van der Waals surface area contributed by atoms with Crippen molar-refractivity contribution in [3.63, 3.8) is 0 Å². The van der Waals surface area contributed by atoms with Gasteiger partial charge in [-0.15, -0.1) is 48.0 Å². The van der Waals surface area contributed by atoms with Crippen molar-refractivity contribution in [3.05, 3.63) is 0 Å². The van der Waals surface area contributed by atoms with E-state index in [0.29, 0.717) is 0 Å². The highest BCUT2D eigenvalue weighted by molar-refractivity contribution is 14.0. The van der Waals surface area contributed by atoms with Gasteiger partial charge in [0.2, 0.25) is 0 Å². The number of nitrogens with two attached hydrogens (primary N) is 2. The van der Waals surface area contributed by atoms with Crippen LogP contribution in [0.25, 0.3) is 0 Å². The van der Waals surface area contributed by atoms with Gasteiger partial charge >= 0.3 is 0 Å². The summed E-state index contributed by atoms with van der Waals surface area (Å²) in [6, 6.07) is 0. The molecule has 0 atom stereocenters. The van der Waals surface area contributed by atoms with Crippen LogP contribution >= 0.6 is 48.0 Å². The van der Waals surface area contributed by atoms with Gasteiger partial charge in [0, 0.05) is 11.1 Å². The van der Waals surface area contributed by atoms with Gasteiger partial charge in [0.1, 0.15) is 0 Å². The Bertz CT molecular complexity index is 197. The Morgan fingerprint density at radius 2 is 0.750 bits per heavy atom. The second-order valence-corrected chi connectivity index (χ2v) is 8.31. The smallest absolute Gasteiger partial charge is 0.00970 e. The van der Waals surface area contributed by atoms with Crippen LogP contribution in [0.5, 0.6) is 0 Å². The molecule has 0 aromatic carbocycles. The average molecular weight is 570 g/mol. The van der Waals surface area contributed by atoms with Crippen molar-refractivity contribution >= 4 is 48.0 Å². The summed E-state index contributed by atoms with van der Waals surface area (Å²) >= 11 is 0. The first-order valence-corrected chi connectivity index (χ1v) is 9.70. The summed E-state index contributed by atoms with van der Waals surface area (Å²) < 4.78 is 0. The van der Waals surface area contributed by atoms with Gasteiger partial charge in [-0.05, 0) is 40.5 Å². The Hall–Kier alpha value is 1.38. The second-order valence-electron chi connectivity index (χ2n) is 8.31. The molecule has 152 valence electrons. The lowest BCUT2D eigenvalue weighted by atomic mass is 9.98. The first-order chi connectivity index (χ1) is 10.1. The summed E-state index contributed by atoms with van der Waals surface area (Å²) in [6.07, 6.45) is 15.8. The molecule has 0 aromatic heterocycles. The van der Waals surface area contributed by atoms with Crippen LogP contribution in [0.2, 0.25) is 0 Å². The van der Waals surface area contributed by atoms with Crippen molar-refractivity contribution in [2.75, 3.05) is 0 Å². The Kier molecular flexibility index (Phi) is 28.4. The fraction of sp³-hybridized carbons (Fsp3) is 1.00. The number of unbranched alkanes of at least 4 members (excludes halogenated alkanes) is 8. The number of halogens is 2. The first kappa shape index (κ1) is 33.0. The third-order valence-corrected chi connectivity index (χ3v) is 3.85. The summed E-state index contributed by atoms with van der Waals surface area (Å²) in [4.78, 5) is 0. The molecule has 0 aliphatic rings. The fourth-order valence-electron chi connectivity index (χ4n) is 2.37. The normalized spacial score (nSPS) is 11.0. The van der Waals surface area contributed by atoms with Gasteiger partial charge in [0.15, 0.2) is 0 Å². The molecule has 0 radical (unpaired) electrons. The molecule has 0 heterocycles. The molecule has 0 saturated carbocycles. The zero-order chi connectivity index (χ0) is 17.5. The molecular weight excluding hydrogens is 522 g/mol. The molecule has 0 rings (SSSR count). The number of rotatable bonds is 12. The van der Waals surface area contributed by atoms with E-state index in [1.54, 1.807) is 0 Å². The first-order valence-electron chi connectivity index (χ1n) is 9.70. The van der Waals surface area contributed by atoms with E-state index in [0.717, 1.165) is 12.8 Å². The second kappa shape index (κ2) is 20.7. The summed E-state index contributed by atoms with van der Waals surface area (Å²) in [5.41, 5.74) is 11.8. The molecule has 0 saturated heterocycles. The zero-order valence-electron chi connectivity index (χ0n) is 17.5. The highest BCUT2D eigenvalue weighted by Gasteiger charge is 2.09. The quantitative estimate of drug-likeness (QED) is 0.190. The van der Waals surface area contributed by atoms with E-state index in [4.69, 9.17) is 11.5 Å². The van der Waals surface area contributed by atoms with E-state index >= 15 is 0 Å². The van der Waals surface area contributed by atoms with Crippen molar-refractivity contribution in [2.24, 2.45) is 11.5 Å². The van der Waals surface area contributed by atoms with Gasteiger partial charge in [0.25, 0.3) is 0 Å². The molecule has 0 fully saturated rings. The van der Waals surface area contributed by atoms with Crippen LogP contribution in [-0.2, 0) is 0 Å². The maximum Gasteiger partial charge on any atom is 0.00970 e. The molecule has 0 unspecified atom stereocenters. The Morgan fingerprint density at radius 1 is 0.500 bits per heavy atom. The zero-order valence-corrected chi connectivity index (χ0v) is 22.1. The van der Waals surface area contributed by atoms with Crippen molar-refractivity contribution in [1.82, 2.24) is 0 Å². The van der Waals surface area contributed by atoms with Gasteiger partial charge in [-0.3, -0.25) is 0 Å². The van der Waals surface area contributed by atoms with Crippen molar-refractivity contribution < 1.29 is 0 Å². The number of hydrogen-bond donors (Lipinski definition) is 2. The van der Waals surface area contributed by atoms with Crippen LogP contribution in [0.3, 0.4) is 0 Å². The van der Waals surface area contributed by atoms with Crippen LogP contribution in [0, 0.1) is 0 Å². The SMILES string of the molecule is CCCCCCCC(C)(C)N.CCCCCCCC(C)(C)N.I.I. The molecule has 0 spiro atoms. The highest BCUT2D eigenvalue weighted by Crippen LogP contribution is 2.12. The summed E-state index contributed by atoms with van der Waals surface area (Å²) in [5, 5.41) is 0. The van der Waals surface area contributed by atoms with Crippen LogP contribution in [0.15, 0.2) is 0 Å². The van der Waals surface area contributed by atoms with Gasteiger partial charge in [-0.2, -0.15) is 0 Å². The van der Waals surface area contributed by atoms with Crippen LogP contribution < -0.4 is 11.5 Å². The average Bonchev–Trinajstić information content (AvgIpc) is 2.36. The molecular formula is C20H48I2N2. The molecule has 0 aromatic rings. The van der Waals surface area contributed by atoms with Gasteiger partial charge < -0.3 is 11.5 Å². The monoisotopic (exact) mass is 570 g/mol. The van der Waals surface area contributed by atoms with E-state index in [1.165, 1.54) is 64.2 Å². The van der Waals surface area contributed by atoms with Gasteiger partial charge in [0.05, 0.1) is 0 Å². The Balaban J connectivity index is -0.000000154. The van der Waals surface area contributed by atoms with Gasteiger partial charge in [-0.25, -0.2) is 0 Å². The summed E-state index contributed by atoms with van der Waals surface area (Å²) in [5.74, 6) is 0. The molecule has 0 aliphatic carbocycles. The van der Waals surface area contributed by atoms with Crippen LogP contribution in [-0.4, -0.2) is 11.1 Å².